The molecule has 22 heavy (non-hydrogen) atoms. The number of nitrogens with zero attached hydrogens (tertiary/aromatic N) is 5. The van der Waals surface area contributed by atoms with Crippen molar-refractivity contribution in [1.82, 2.24) is 24.8 Å². The molecule has 1 amide bonds. The number of carbonyl (C=O) groups excluding carboxylic acids is 1. The van der Waals surface area contributed by atoms with Crippen LogP contribution in [-0.2, 0) is 11.2 Å². The maximum Gasteiger partial charge on any atom is 0.234 e. The molecule has 3 aromatic heterocycles. The molecule has 0 fully saturated rings. The number of pyridine rings is 1. The van der Waals surface area contributed by atoms with Gasteiger partial charge in [0.25, 0.3) is 0 Å². The van der Waals surface area contributed by atoms with Gasteiger partial charge in [0.2, 0.25) is 16.7 Å². The Kier molecular flexibility index (Phi) is 3.96. The van der Waals surface area contributed by atoms with E-state index >= 15 is 0 Å². The number of nitrogens with one attached hydrogen (secondary N) is 1. The van der Waals surface area contributed by atoms with Gasteiger partial charge in [-0.25, -0.2) is 4.98 Å². The summed E-state index contributed by atoms with van der Waals surface area (Å²) in [5.74, 6) is 1.16. The molecule has 0 spiro atoms. The first kappa shape index (κ1) is 14.4. The van der Waals surface area contributed by atoms with Gasteiger partial charge in [-0.2, -0.15) is 9.61 Å². The second-order valence-electron chi connectivity index (χ2n) is 4.57. The van der Waals surface area contributed by atoms with Crippen molar-refractivity contribution in [3.05, 3.63) is 29.2 Å². The van der Waals surface area contributed by atoms with Gasteiger partial charge < -0.3 is 10.1 Å². The van der Waals surface area contributed by atoms with Crippen molar-refractivity contribution >= 4 is 27.9 Å². The van der Waals surface area contributed by atoms with Crippen LogP contribution >= 0.6 is 11.3 Å². The normalized spacial score (nSPS) is 10.8. The van der Waals surface area contributed by atoms with Crippen LogP contribution < -0.4 is 10.1 Å². The van der Waals surface area contributed by atoms with Crippen molar-refractivity contribution in [1.29, 1.82) is 0 Å². The molecule has 3 heterocycles. The SMILES string of the molecule is COc1ccc(NC(=O)CCc2nn3c(C)nnc3s2)cn1. The van der Waals surface area contributed by atoms with E-state index in [0.29, 0.717) is 24.4 Å². The fraction of sp³-hybridized carbons (Fsp3) is 0.308. The third-order valence-electron chi connectivity index (χ3n) is 2.98. The van der Waals surface area contributed by atoms with E-state index in [0.717, 1.165) is 15.8 Å². The van der Waals surface area contributed by atoms with E-state index in [2.05, 4.69) is 25.6 Å². The van der Waals surface area contributed by atoms with E-state index in [1.54, 1.807) is 30.0 Å². The minimum absolute atomic E-state index is 0.0883. The molecule has 0 radical (unpaired) electrons. The summed E-state index contributed by atoms with van der Waals surface area (Å²) in [4.78, 5) is 16.7. The predicted molar refractivity (Wildman–Crippen MR) is 81.1 cm³/mol. The zero-order valence-corrected chi connectivity index (χ0v) is 12.9. The number of amides is 1. The highest BCUT2D eigenvalue weighted by Gasteiger charge is 2.10. The van der Waals surface area contributed by atoms with Gasteiger partial charge >= 0.3 is 0 Å². The molecule has 114 valence electrons. The van der Waals surface area contributed by atoms with Crippen LogP contribution in [0.3, 0.4) is 0 Å². The molecular formula is C13H14N6O2S. The molecule has 0 saturated heterocycles. The Morgan fingerprint density at radius 1 is 1.41 bits per heavy atom. The highest BCUT2D eigenvalue weighted by atomic mass is 32.1. The molecule has 3 aromatic rings. The van der Waals surface area contributed by atoms with Crippen LogP contribution in [0.25, 0.3) is 4.96 Å². The number of aryl methyl sites for hydroxylation is 2. The van der Waals surface area contributed by atoms with Gasteiger partial charge in [-0.05, 0) is 13.0 Å². The smallest absolute Gasteiger partial charge is 0.234 e. The third kappa shape index (κ3) is 3.03. The Labute approximate surface area is 130 Å². The molecule has 0 bridgehead atoms. The number of fused-ring (bicyclic) bond motifs is 1. The number of anilines is 1. The summed E-state index contributed by atoms with van der Waals surface area (Å²) in [5, 5.41) is 15.9. The average Bonchev–Trinajstić information content (AvgIpc) is 3.08. The molecule has 8 nitrogen and oxygen atoms in total. The van der Waals surface area contributed by atoms with Gasteiger partial charge in [-0.1, -0.05) is 11.3 Å². The summed E-state index contributed by atoms with van der Waals surface area (Å²) in [7, 11) is 1.54. The molecule has 0 unspecified atom stereocenters. The molecule has 0 aliphatic heterocycles. The summed E-state index contributed by atoms with van der Waals surface area (Å²) >= 11 is 1.44. The molecule has 0 saturated carbocycles. The number of aromatic nitrogens is 5. The summed E-state index contributed by atoms with van der Waals surface area (Å²) in [5.41, 5.74) is 0.639. The molecule has 9 heteroatoms. The minimum atomic E-state index is -0.0883. The lowest BCUT2D eigenvalue weighted by atomic mass is 10.3. The van der Waals surface area contributed by atoms with Crippen LogP contribution in [0.1, 0.15) is 17.3 Å². The van der Waals surface area contributed by atoms with Crippen molar-refractivity contribution in [3.8, 4) is 5.88 Å². The molecule has 0 aromatic carbocycles. The molecule has 0 aliphatic rings. The molecule has 1 N–H and O–H groups in total. The lowest BCUT2D eigenvalue weighted by Crippen LogP contribution is -2.12. The third-order valence-corrected chi connectivity index (χ3v) is 3.94. The lowest BCUT2D eigenvalue weighted by Gasteiger charge is -2.04. The van der Waals surface area contributed by atoms with Crippen LogP contribution in [0.5, 0.6) is 5.88 Å². The van der Waals surface area contributed by atoms with Gasteiger partial charge in [0.15, 0.2) is 5.82 Å². The Balaban J connectivity index is 1.57. The Hall–Kier alpha value is -2.55. The fourth-order valence-corrected chi connectivity index (χ4v) is 2.75. The van der Waals surface area contributed by atoms with E-state index in [4.69, 9.17) is 4.74 Å². The van der Waals surface area contributed by atoms with Crippen LogP contribution in [0.4, 0.5) is 5.69 Å². The predicted octanol–water partition coefficient (Wildman–Crippen LogP) is 1.47. The summed E-state index contributed by atoms with van der Waals surface area (Å²) in [6.07, 6.45) is 2.46. The summed E-state index contributed by atoms with van der Waals surface area (Å²) in [6, 6.07) is 3.44. The van der Waals surface area contributed by atoms with E-state index in [-0.39, 0.29) is 5.91 Å². The zero-order valence-electron chi connectivity index (χ0n) is 12.1. The highest BCUT2D eigenvalue weighted by Crippen LogP contribution is 2.16. The monoisotopic (exact) mass is 318 g/mol. The van der Waals surface area contributed by atoms with Gasteiger partial charge in [0.1, 0.15) is 5.01 Å². The number of carbonyl (C=O) groups is 1. The Morgan fingerprint density at radius 3 is 2.95 bits per heavy atom. The lowest BCUT2D eigenvalue weighted by molar-refractivity contribution is -0.116. The van der Waals surface area contributed by atoms with E-state index in [1.807, 2.05) is 6.92 Å². The maximum absolute atomic E-state index is 11.9. The fourth-order valence-electron chi connectivity index (χ4n) is 1.87. The zero-order chi connectivity index (χ0) is 15.5. The van der Waals surface area contributed by atoms with Crippen molar-refractivity contribution in [3.63, 3.8) is 0 Å². The number of hydrogen-bond donors (Lipinski definition) is 1. The van der Waals surface area contributed by atoms with Crippen molar-refractivity contribution in [2.75, 3.05) is 12.4 Å². The molecule has 0 aliphatic carbocycles. The quantitative estimate of drug-likeness (QED) is 0.765. The number of methoxy groups -OCH3 is 1. The van der Waals surface area contributed by atoms with Gasteiger partial charge in [-0.3, -0.25) is 4.79 Å². The Bertz CT molecular complexity index is 795. The first-order chi connectivity index (χ1) is 10.7. The van der Waals surface area contributed by atoms with Crippen LogP contribution in [0.15, 0.2) is 18.3 Å². The Morgan fingerprint density at radius 2 is 2.27 bits per heavy atom. The molecule has 3 rings (SSSR count). The average molecular weight is 318 g/mol. The van der Waals surface area contributed by atoms with Crippen LogP contribution in [-0.4, -0.2) is 37.8 Å². The second kappa shape index (κ2) is 6.06. The molecule has 0 atom stereocenters. The second-order valence-corrected chi connectivity index (χ2v) is 5.62. The van der Waals surface area contributed by atoms with E-state index in [9.17, 15) is 4.79 Å². The van der Waals surface area contributed by atoms with E-state index in [1.165, 1.54) is 11.3 Å². The van der Waals surface area contributed by atoms with Crippen molar-refractivity contribution < 1.29 is 9.53 Å². The van der Waals surface area contributed by atoms with E-state index < -0.39 is 0 Å². The number of rotatable bonds is 5. The van der Waals surface area contributed by atoms with Crippen molar-refractivity contribution in [2.24, 2.45) is 0 Å². The van der Waals surface area contributed by atoms with Gasteiger partial charge in [0, 0.05) is 18.9 Å². The number of hydrogen-bond acceptors (Lipinski definition) is 7. The van der Waals surface area contributed by atoms with Crippen LogP contribution in [0, 0.1) is 6.92 Å². The topological polar surface area (TPSA) is 94.3 Å². The minimum Gasteiger partial charge on any atom is -0.481 e. The van der Waals surface area contributed by atoms with Crippen molar-refractivity contribution in [2.45, 2.75) is 19.8 Å². The van der Waals surface area contributed by atoms with Gasteiger partial charge in [-0.15, -0.1) is 10.2 Å². The highest BCUT2D eigenvalue weighted by molar-refractivity contribution is 7.16. The molecular weight excluding hydrogens is 304 g/mol. The first-order valence-electron chi connectivity index (χ1n) is 6.63. The summed E-state index contributed by atoms with van der Waals surface area (Å²) in [6.45, 7) is 1.84. The van der Waals surface area contributed by atoms with Gasteiger partial charge in [0.05, 0.1) is 19.0 Å². The summed E-state index contributed by atoms with van der Waals surface area (Å²) < 4.78 is 6.65. The largest absolute Gasteiger partial charge is 0.481 e. The first-order valence-corrected chi connectivity index (χ1v) is 7.45. The maximum atomic E-state index is 11.9. The van der Waals surface area contributed by atoms with Crippen LogP contribution in [0.2, 0.25) is 0 Å². The standard InChI is InChI=1S/C13H14N6O2S/c1-8-16-17-13-19(8)18-12(22-13)6-4-10(20)15-9-3-5-11(21-2)14-7-9/h3,5,7H,4,6H2,1-2H3,(H,15,20). The number of ether oxygens (including phenoxy) is 1.